The molecule has 2 aromatic carbocycles. The van der Waals surface area contributed by atoms with Crippen LogP contribution in [0.3, 0.4) is 0 Å². The van der Waals surface area contributed by atoms with Crippen molar-refractivity contribution in [1.82, 2.24) is 5.32 Å². The van der Waals surface area contributed by atoms with Gasteiger partial charge in [0.15, 0.2) is 0 Å². The molecule has 0 saturated heterocycles. The first-order valence-electron chi connectivity index (χ1n) is 8.49. The molecular formula is C21H23NO3. The molecule has 0 amide bonds. The van der Waals surface area contributed by atoms with Crippen LogP contribution in [0.1, 0.15) is 28.7 Å². The largest absolute Gasteiger partial charge is 0.488 e. The number of esters is 1. The van der Waals surface area contributed by atoms with Crippen LogP contribution in [0, 0.1) is 0 Å². The molecular weight excluding hydrogens is 314 g/mol. The van der Waals surface area contributed by atoms with Crippen molar-refractivity contribution < 1.29 is 14.3 Å². The van der Waals surface area contributed by atoms with Gasteiger partial charge in [0.05, 0.1) is 13.5 Å². The number of fused-ring (bicyclic) bond motifs is 2. The van der Waals surface area contributed by atoms with Crippen LogP contribution in [-0.4, -0.2) is 26.7 Å². The lowest BCUT2D eigenvalue weighted by atomic mass is 9.92. The molecule has 4 heteroatoms. The number of hydrogen-bond donors (Lipinski definition) is 1. The molecule has 4 nitrogen and oxygen atoms in total. The van der Waals surface area contributed by atoms with Crippen LogP contribution in [-0.2, 0) is 22.6 Å². The van der Waals surface area contributed by atoms with Crippen LogP contribution < -0.4 is 10.1 Å². The van der Waals surface area contributed by atoms with Gasteiger partial charge in [-0.1, -0.05) is 36.4 Å². The smallest absolute Gasteiger partial charge is 0.309 e. The number of benzene rings is 2. The van der Waals surface area contributed by atoms with Crippen molar-refractivity contribution in [2.45, 2.75) is 19.4 Å². The number of rotatable bonds is 5. The lowest BCUT2D eigenvalue weighted by molar-refractivity contribution is -0.139. The predicted octanol–water partition coefficient (Wildman–Crippen LogP) is 3.34. The molecule has 2 aromatic rings. The van der Waals surface area contributed by atoms with Gasteiger partial charge in [-0.25, -0.2) is 0 Å². The van der Waals surface area contributed by atoms with Crippen LogP contribution in [0.2, 0.25) is 0 Å². The standard InChI is InChI=1S/C21H23NO3/c1-22-11-5-8-18-17-7-4-3-6-16(17)14-25-20-10-9-15(12-19(18)20)13-21(23)24-2/h3-4,6-10,12,22H,5,11,13-14H2,1-2H3/b18-8-. The molecule has 1 aliphatic heterocycles. The molecule has 0 aromatic heterocycles. The van der Waals surface area contributed by atoms with Gasteiger partial charge in [-0.2, -0.15) is 0 Å². The summed E-state index contributed by atoms with van der Waals surface area (Å²) in [5.74, 6) is 0.608. The monoisotopic (exact) mass is 337 g/mol. The molecule has 1 heterocycles. The summed E-state index contributed by atoms with van der Waals surface area (Å²) in [5.41, 5.74) is 5.47. The van der Waals surface area contributed by atoms with Gasteiger partial charge in [-0.3, -0.25) is 4.79 Å². The highest BCUT2D eigenvalue weighted by Crippen LogP contribution is 2.37. The van der Waals surface area contributed by atoms with Gasteiger partial charge in [0.2, 0.25) is 0 Å². The molecule has 0 aliphatic carbocycles. The third-order valence-electron chi connectivity index (χ3n) is 4.34. The van der Waals surface area contributed by atoms with Gasteiger partial charge in [0.1, 0.15) is 12.4 Å². The van der Waals surface area contributed by atoms with Gasteiger partial charge in [0.25, 0.3) is 0 Å². The van der Waals surface area contributed by atoms with E-state index in [0.717, 1.165) is 35.4 Å². The maximum Gasteiger partial charge on any atom is 0.309 e. The Morgan fingerprint density at radius 3 is 2.88 bits per heavy atom. The van der Waals surface area contributed by atoms with E-state index >= 15 is 0 Å². The van der Waals surface area contributed by atoms with Gasteiger partial charge >= 0.3 is 5.97 Å². The van der Waals surface area contributed by atoms with E-state index in [1.807, 2.05) is 37.4 Å². The van der Waals surface area contributed by atoms with Crippen molar-refractivity contribution in [2.75, 3.05) is 20.7 Å². The summed E-state index contributed by atoms with van der Waals surface area (Å²) < 4.78 is 10.8. The zero-order chi connectivity index (χ0) is 17.6. The summed E-state index contributed by atoms with van der Waals surface area (Å²) in [5, 5.41) is 3.18. The fourth-order valence-electron chi connectivity index (χ4n) is 3.05. The van der Waals surface area contributed by atoms with Gasteiger partial charge in [0, 0.05) is 5.56 Å². The number of methoxy groups -OCH3 is 1. The Kier molecular flexibility index (Phi) is 5.51. The molecule has 0 radical (unpaired) electrons. The van der Waals surface area contributed by atoms with E-state index in [4.69, 9.17) is 9.47 Å². The first-order valence-corrected chi connectivity index (χ1v) is 8.49. The van der Waals surface area contributed by atoms with E-state index in [1.54, 1.807) is 0 Å². The van der Waals surface area contributed by atoms with Crippen molar-refractivity contribution in [3.8, 4) is 5.75 Å². The average Bonchev–Trinajstić information content (AvgIpc) is 2.79. The van der Waals surface area contributed by atoms with Crippen LogP contribution in [0.25, 0.3) is 5.57 Å². The van der Waals surface area contributed by atoms with Crippen molar-refractivity contribution in [3.05, 3.63) is 70.8 Å². The SMILES string of the molecule is CNCC/C=C1/c2ccccc2COc2ccc(CC(=O)OC)cc21. The van der Waals surface area contributed by atoms with Crippen molar-refractivity contribution in [1.29, 1.82) is 0 Å². The second-order valence-corrected chi connectivity index (χ2v) is 6.04. The summed E-state index contributed by atoms with van der Waals surface area (Å²) in [6, 6.07) is 14.2. The molecule has 25 heavy (non-hydrogen) atoms. The Labute approximate surface area is 148 Å². The van der Waals surface area contributed by atoms with Crippen molar-refractivity contribution in [3.63, 3.8) is 0 Å². The number of hydrogen-bond acceptors (Lipinski definition) is 4. The average molecular weight is 337 g/mol. The fourth-order valence-corrected chi connectivity index (χ4v) is 3.05. The highest BCUT2D eigenvalue weighted by atomic mass is 16.5. The maximum atomic E-state index is 11.6. The van der Waals surface area contributed by atoms with Crippen molar-refractivity contribution >= 4 is 11.5 Å². The van der Waals surface area contributed by atoms with E-state index in [1.165, 1.54) is 18.2 Å². The second kappa shape index (κ2) is 7.99. The first-order chi connectivity index (χ1) is 12.2. The Balaban J connectivity index is 2.07. The normalized spacial score (nSPS) is 14.2. The highest BCUT2D eigenvalue weighted by molar-refractivity contribution is 5.85. The lowest BCUT2D eigenvalue weighted by Crippen LogP contribution is -2.06. The molecule has 0 spiro atoms. The van der Waals surface area contributed by atoms with E-state index in [9.17, 15) is 4.79 Å². The molecule has 0 bridgehead atoms. The summed E-state index contributed by atoms with van der Waals surface area (Å²) in [6.45, 7) is 1.45. The molecule has 3 rings (SSSR count). The second-order valence-electron chi connectivity index (χ2n) is 6.04. The molecule has 0 fully saturated rings. The lowest BCUT2D eigenvalue weighted by Gasteiger charge is -2.12. The van der Waals surface area contributed by atoms with E-state index in [0.29, 0.717) is 6.61 Å². The zero-order valence-electron chi connectivity index (χ0n) is 14.7. The Morgan fingerprint density at radius 1 is 1.24 bits per heavy atom. The molecule has 1 aliphatic rings. The molecule has 0 saturated carbocycles. The van der Waals surface area contributed by atoms with Crippen LogP contribution in [0.5, 0.6) is 5.75 Å². The van der Waals surface area contributed by atoms with Gasteiger partial charge in [-0.15, -0.1) is 0 Å². The maximum absolute atomic E-state index is 11.6. The molecule has 0 unspecified atom stereocenters. The first kappa shape index (κ1) is 17.2. The molecule has 1 N–H and O–H groups in total. The van der Waals surface area contributed by atoms with E-state index < -0.39 is 0 Å². The fraction of sp³-hybridized carbons (Fsp3) is 0.286. The van der Waals surface area contributed by atoms with Crippen molar-refractivity contribution in [2.24, 2.45) is 0 Å². The van der Waals surface area contributed by atoms with Crippen LogP contribution >= 0.6 is 0 Å². The number of carbonyl (C=O) groups is 1. The zero-order valence-corrected chi connectivity index (χ0v) is 14.7. The summed E-state index contributed by atoms with van der Waals surface area (Å²) in [6.07, 6.45) is 3.42. The molecule has 130 valence electrons. The van der Waals surface area contributed by atoms with Crippen LogP contribution in [0.15, 0.2) is 48.5 Å². The minimum Gasteiger partial charge on any atom is -0.488 e. The molecule has 0 atom stereocenters. The Bertz CT molecular complexity index is 795. The number of ether oxygens (including phenoxy) is 2. The third kappa shape index (κ3) is 3.91. The topological polar surface area (TPSA) is 47.6 Å². The summed E-state index contributed by atoms with van der Waals surface area (Å²) in [4.78, 5) is 11.6. The third-order valence-corrected chi connectivity index (χ3v) is 4.34. The predicted molar refractivity (Wildman–Crippen MR) is 98.6 cm³/mol. The number of nitrogens with one attached hydrogen (secondary N) is 1. The van der Waals surface area contributed by atoms with E-state index in [-0.39, 0.29) is 12.4 Å². The Morgan fingerprint density at radius 2 is 2.08 bits per heavy atom. The van der Waals surface area contributed by atoms with Gasteiger partial charge in [-0.05, 0) is 54.4 Å². The minimum atomic E-state index is -0.240. The van der Waals surface area contributed by atoms with Gasteiger partial charge < -0.3 is 14.8 Å². The van der Waals surface area contributed by atoms with Crippen LogP contribution in [0.4, 0.5) is 0 Å². The van der Waals surface area contributed by atoms with E-state index in [2.05, 4.69) is 23.5 Å². The Hall–Kier alpha value is -2.59. The quantitative estimate of drug-likeness (QED) is 0.671. The number of carbonyl (C=O) groups excluding carboxylic acids is 1. The minimum absolute atomic E-state index is 0.240. The summed E-state index contributed by atoms with van der Waals surface area (Å²) >= 11 is 0. The highest BCUT2D eigenvalue weighted by Gasteiger charge is 2.19. The summed E-state index contributed by atoms with van der Waals surface area (Å²) in [7, 11) is 3.36.